The van der Waals surface area contributed by atoms with Crippen molar-refractivity contribution in [3.63, 3.8) is 0 Å². The molecule has 0 unspecified atom stereocenters. The van der Waals surface area contributed by atoms with Crippen LogP contribution in [0, 0.1) is 0 Å². The zero-order valence-electron chi connectivity index (χ0n) is 11.6. The highest BCUT2D eigenvalue weighted by Gasteiger charge is 2.10. The van der Waals surface area contributed by atoms with Crippen LogP contribution in [0.15, 0.2) is 18.2 Å². The van der Waals surface area contributed by atoms with Crippen LogP contribution in [0.4, 0.5) is 0 Å². The SMILES string of the molecule is CCCOc1ccc(CCN2CCNCC2)c(Cl)c1. The summed E-state index contributed by atoms with van der Waals surface area (Å²) < 4.78 is 5.58. The van der Waals surface area contributed by atoms with Crippen molar-refractivity contribution < 1.29 is 4.74 Å². The van der Waals surface area contributed by atoms with E-state index in [2.05, 4.69) is 23.2 Å². The number of hydrogen-bond acceptors (Lipinski definition) is 3. The minimum absolute atomic E-state index is 0.746. The summed E-state index contributed by atoms with van der Waals surface area (Å²) in [6.45, 7) is 8.39. The topological polar surface area (TPSA) is 24.5 Å². The molecule has 0 amide bonds. The first-order valence-electron chi connectivity index (χ1n) is 7.14. The molecule has 1 fully saturated rings. The molecule has 0 radical (unpaired) electrons. The average molecular weight is 283 g/mol. The fourth-order valence-corrected chi connectivity index (χ4v) is 2.52. The van der Waals surface area contributed by atoms with Crippen LogP contribution >= 0.6 is 11.6 Å². The monoisotopic (exact) mass is 282 g/mol. The van der Waals surface area contributed by atoms with E-state index in [9.17, 15) is 0 Å². The fraction of sp³-hybridized carbons (Fsp3) is 0.600. The van der Waals surface area contributed by atoms with Crippen LogP contribution in [0.3, 0.4) is 0 Å². The highest BCUT2D eigenvalue weighted by molar-refractivity contribution is 6.31. The predicted molar refractivity (Wildman–Crippen MR) is 80.3 cm³/mol. The second-order valence-corrected chi connectivity index (χ2v) is 5.35. The molecule has 0 atom stereocenters. The number of ether oxygens (including phenoxy) is 1. The zero-order chi connectivity index (χ0) is 13.5. The quantitative estimate of drug-likeness (QED) is 0.868. The number of nitrogens with zero attached hydrogens (tertiary/aromatic N) is 1. The molecule has 0 aromatic heterocycles. The van der Waals surface area contributed by atoms with Gasteiger partial charge < -0.3 is 15.0 Å². The summed E-state index contributed by atoms with van der Waals surface area (Å²) >= 11 is 6.32. The third-order valence-electron chi connectivity index (χ3n) is 3.40. The minimum atomic E-state index is 0.746. The Balaban J connectivity index is 1.85. The fourth-order valence-electron chi connectivity index (χ4n) is 2.25. The highest BCUT2D eigenvalue weighted by atomic mass is 35.5. The molecular weight excluding hydrogens is 260 g/mol. The van der Waals surface area contributed by atoms with Crippen molar-refractivity contribution in [2.75, 3.05) is 39.3 Å². The van der Waals surface area contributed by atoms with Gasteiger partial charge in [-0.2, -0.15) is 0 Å². The molecule has 106 valence electrons. The maximum absolute atomic E-state index is 6.32. The molecule has 1 aliphatic heterocycles. The minimum Gasteiger partial charge on any atom is -0.494 e. The van der Waals surface area contributed by atoms with E-state index >= 15 is 0 Å². The van der Waals surface area contributed by atoms with Crippen LogP contribution in [-0.2, 0) is 6.42 Å². The predicted octanol–water partition coefficient (Wildman–Crippen LogP) is 2.58. The first-order valence-corrected chi connectivity index (χ1v) is 7.51. The lowest BCUT2D eigenvalue weighted by molar-refractivity contribution is 0.244. The van der Waals surface area contributed by atoms with E-state index in [4.69, 9.17) is 16.3 Å². The lowest BCUT2D eigenvalue weighted by atomic mass is 10.1. The number of rotatable bonds is 6. The third-order valence-corrected chi connectivity index (χ3v) is 3.76. The zero-order valence-corrected chi connectivity index (χ0v) is 12.4. The summed E-state index contributed by atoms with van der Waals surface area (Å²) in [4.78, 5) is 2.48. The van der Waals surface area contributed by atoms with Gasteiger partial charge in [0.1, 0.15) is 5.75 Å². The highest BCUT2D eigenvalue weighted by Crippen LogP contribution is 2.23. The molecule has 1 aromatic carbocycles. The van der Waals surface area contributed by atoms with Crippen molar-refractivity contribution in [3.05, 3.63) is 28.8 Å². The van der Waals surface area contributed by atoms with E-state index in [1.54, 1.807) is 0 Å². The third kappa shape index (κ3) is 4.68. The van der Waals surface area contributed by atoms with Crippen LogP contribution in [0.2, 0.25) is 5.02 Å². The molecule has 1 N–H and O–H groups in total. The van der Waals surface area contributed by atoms with Crippen molar-refractivity contribution in [2.24, 2.45) is 0 Å². The maximum Gasteiger partial charge on any atom is 0.120 e. The molecule has 2 rings (SSSR count). The van der Waals surface area contributed by atoms with Crippen LogP contribution in [0.25, 0.3) is 0 Å². The van der Waals surface area contributed by atoms with Gasteiger partial charge in [0, 0.05) is 37.7 Å². The Kier molecular flexibility index (Phi) is 5.95. The van der Waals surface area contributed by atoms with Gasteiger partial charge in [-0.1, -0.05) is 24.6 Å². The summed E-state index contributed by atoms with van der Waals surface area (Å²) in [5.41, 5.74) is 1.21. The molecule has 0 saturated carbocycles. The lowest BCUT2D eigenvalue weighted by Crippen LogP contribution is -2.44. The van der Waals surface area contributed by atoms with E-state index in [0.29, 0.717) is 0 Å². The van der Waals surface area contributed by atoms with Crippen molar-refractivity contribution in [1.29, 1.82) is 0 Å². The smallest absolute Gasteiger partial charge is 0.120 e. The Morgan fingerprint density at radius 3 is 2.79 bits per heavy atom. The largest absolute Gasteiger partial charge is 0.494 e. The number of nitrogens with one attached hydrogen (secondary N) is 1. The van der Waals surface area contributed by atoms with Crippen LogP contribution in [-0.4, -0.2) is 44.2 Å². The molecule has 1 aliphatic rings. The van der Waals surface area contributed by atoms with E-state index in [0.717, 1.165) is 62.9 Å². The molecular formula is C15H23ClN2O. The Morgan fingerprint density at radius 1 is 1.32 bits per heavy atom. The molecule has 19 heavy (non-hydrogen) atoms. The summed E-state index contributed by atoms with van der Waals surface area (Å²) in [5, 5.41) is 4.19. The molecule has 1 heterocycles. The Labute approximate surface area is 120 Å². The number of halogens is 1. The standard InChI is InChI=1S/C15H23ClN2O/c1-2-11-19-14-4-3-13(15(16)12-14)5-8-18-9-6-17-7-10-18/h3-4,12,17H,2,5-11H2,1H3. The first-order chi connectivity index (χ1) is 9.29. The number of hydrogen-bond donors (Lipinski definition) is 1. The molecule has 0 bridgehead atoms. The molecule has 1 aromatic rings. The van der Waals surface area contributed by atoms with Crippen LogP contribution in [0.1, 0.15) is 18.9 Å². The van der Waals surface area contributed by atoms with E-state index in [1.807, 2.05) is 12.1 Å². The Bertz CT molecular complexity index is 392. The Morgan fingerprint density at radius 2 is 2.11 bits per heavy atom. The summed E-state index contributed by atoms with van der Waals surface area (Å²) in [7, 11) is 0. The van der Waals surface area contributed by atoms with Crippen molar-refractivity contribution in [1.82, 2.24) is 10.2 Å². The van der Waals surface area contributed by atoms with Gasteiger partial charge in [0.25, 0.3) is 0 Å². The summed E-state index contributed by atoms with van der Waals surface area (Å²) in [5.74, 6) is 0.873. The molecule has 4 heteroatoms. The van der Waals surface area contributed by atoms with Gasteiger partial charge in [0.05, 0.1) is 6.61 Å². The van der Waals surface area contributed by atoms with Gasteiger partial charge in [-0.15, -0.1) is 0 Å². The van der Waals surface area contributed by atoms with Gasteiger partial charge in [-0.3, -0.25) is 0 Å². The molecule has 0 spiro atoms. The maximum atomic E-state index is 6.32. The lowest BCUT2D eigenvalue weighted by Gasteiger charge is -2.27. The van der Waals surface area contributed by atoms with Crippen LogP contribution < -0.4 is 10.1 Å². The Hall–Kier alpha value is -0.770. The average Bonchev–Trinajstić information content (AvgIpc) is 2.45. The number of piperazine rings is 1. The van der Waals surface area contributed by atoms with Gasteiger partial charge in [0.15, 0.2) is 0 Å². The molecule has 0 aliphatic carbocycles. The summed E-state index contributed by atoms with van der Waals surface area (Å²) in [6.07, 6.45) is 2.02. The summed E-state index contributed by atoms with van der Waals surface area (Å²) in [6, 6.07) is 6.05. The first kappa shape index (κ1) is 14.6. The van der Waals surface area contributed by atoms with Gasteiger partial charge in [0.2, 0.25) is 0 Å². The number of benzene rings is 1. The van der Waals surface area contributed by atoms with E-state index in [-0.39, 0.29) is 0 Å². The molecule has 3 nitrogen and oxygen atoms in total. The second-order valence-electron chi connectivity index (χ2n) is 4.94. The van der Waals surface area contributed by atoms with Crippen molar-refractivity contribution in [3.8, 4) is 5.75 Å². The normalized spacial score (nSPS) is 16.5. The van der Waals surface area contributed by atoms with Crippen molar-refractivity contribution >= 4 is 11.6 Å². The van der Waals surface area contributed by atoms with Crippen molar-refractivity contribution in [2.45, 2.75) is 19.8 Å². The van der Waals surface area contributed by atoms with Gasteiger partial charge in [-0.25, -0.2) is 0 Å². The van der Waals surface area contributed by atoms with E-state index < -0.39 is 0 Å². The van der Waals surface area contributed by atoms with Gasteiger partial charge in [-0.05, 0) is 30.5 Å². The van der Waals surface area contributed by atoms with Crippen LogP contribution in [0.5, 0.6) is 5.75 Å². The molecule has 1 saturated heterocycles. The van der Waals surface area contributed by atoms with E-state index in [1.165, 1.54) is 5.56 Å². The van der Waals surface area contributed by atoms with Gasteiger partial charge >= 0.3 is 0 Å². The second kappa shape index (κ2) is 7.73.